The molecule has 1 fully saturated rings. The summed E-state index contributed by atoms with van der Waals surface area (Å²) in [6, 6.07) is 4.96. The summed E-state index contributed by atoms with van der Waals surface area (Å²) in [4.78, 5) is 28.1. The number of para-hydroxylation sites is 1. The van der Waals surface area contributed by atoms with Crippen molar-refractivity contribution in [2.45, 2.75) is 19.5 Å². The first-order valence-electron chi connectivity index (χ1n) is 7.80. The Kier molecular flexibility index (Phi) is 6.03. The van der Waals surface area contributed by atoms with Gasteiger partial charge in [0, 0.05) is 19.2 Å². The van der Waals surface area contributed by atoms with Crippen LogP contribution < -0.4 is 9.47 Å². The van der Waals surface area contributed by atoms with E-state index in [2.05, 4.69) is 0 Å². The Morgan fingerprint density at radius 1 is 1.17 bits per heavy atom. The summed E-state index contributed by atoms with van der Waals surface area (Å²) in [7, 11) is 4.69. The van der Waals surface area contributed by atoms with Gasteiger partial charge in [0.25, 0.3) is 0 Å². The molecule has 0 spiro atoms. The number of benzene rings is 1. The minimum Gasteiger partial charge on any atom is -0.493 e. The third kappa shape index (κ3) is 3.62. The number of ether oxygens (including phenoxy) is 3. The molecule has 0 radical (unpaired) electrons. The van der Waals surface area contributed by atoms with Crippen LogP contribution in [0.15, 0.2) is 18.2 Å². The number of piperazine rings is 1. The van der Waals surface area contributed by atoms with Crippen LogP contribution in [0.2, 0.25) is 0 Å². The molecule has 1 aliphatic heterocycles. The molecule has 2 rings (SSSR count). The summed E-state index contributed by atoms with van der Waals surface area (Å²) in [6.07, 6.45) is 0. The highest BCUT2D eigenvalue weighted by Gasteiger charge is 2.36. The first-order valence-corrected chi connectivity index (χ1v) is 7.80. The van der Waals surface area contributed by atoms with Crippen molar-refractivity contribution < 1.29 is 23.8 Å². The molecule has 0 unspecified atom stereocenters. The molecule has 0 bridgehead atoms. The van der Waals surface area contributed by atoms with Crippen LogP contribution in [0.4, 0.5) is 0 Å². The lowest BCUT2D eigenvalue weighted by atomic mass is 10.1. The Balaban J connectivity index is 2.19. The zero-order valence-corrected chi connectivity index (χ0v) is 14.6. The van der Waals surface area contributed by atoms with Crippen molar-refractivity contribution in [2.24, 2.45) is 0 Å². The van der Waals surface area contributed by atoms with E-state index in [9.17, 15) is 9.59 Å². The van der Waals surface area contributed by atoms with Gasteiger partial charge in [0.15, 0.2) is 11.5 Å². The monoisotopic (exact) mass is 336 g/mol. The maximum absolute atomic E-state index is 12.5. The number of nitrogens with zero attached hydrogens (tertiary/aromatic N) is 2. The molecule has 2 amide bonds. The topological polar surface area (TPSA) is 68.3 Å². The Morgan fingerprint density at radius 2 is 1.92 bits per heavy atom. The zero-order chi connectivity index (χ0) is 17.7. The molecule has 1 atom stereocenters. The van der Waals surface area contributed by atoms with Crippen LogP contribution in [-0.4, -0.2) is 68.7 Å². The Labute approximate surface area is 142 Å². The van der Waals surface area contributed by atoms with Crippen LogP contribution in [0, 0.1) is 0 Å². The molecule has 0 aliphatic carbocycles. The highest BCUT2D eigenvalue weighted by molar-refractivity contribution is 5.94. The molecule has 0 N–H and O–H groups in total. The number of methoxy groups -OCH3 is 3. The van der Waals surface area contributed by atoms with Gasteiger partial charge in [0.2, 0.25) is 11.8 Å². The van der Waals surface area contributed by atoms with Crippen molar-refractivity contribution >= 4 is 11.8 Å². The number of amides is 2. The van der Waals surface area contributed by atoms with Crippen LogP contribution in [0.1, 0.15) is 12.5 Å². The molecule has 7 nitrogen and oxygen atoms in total. The summed E-state index contributed by atoms with van der Waals surface area (Å²) in [5, 5.41) is 0. The summed E-state index contributed by atoms with van der Waals surface area (Å²) in [6.45, 7) is 2.94. The Hall–Kier alpha value is -2.28. The van der Waals surface area contributed by atoms with E-state index < -0.39 is 6.04 Å². The van der Waals surface area contributed by atoms with Crippen LogP contribution in [-0.2, 0) is 20.9 Å². The van der Waals surface area contributed by atoms with Crippen molar-refractivity contribution in [3.05, 3.63) is 23.8 Å². The van der Waals surface area contributed by atoms with E-state index in [1.165, 1.54) is 4.90 Å². The molecule has 7 heteroatoms. The minimum absolute atomic E-state index is 0.0683. The number of rotatable bonds is 7. The molecule has 132 valence electrons. The first-order chi connectivity index (χ1) is 11.5. The Bertz CT molecular complexity index is 605. The van der Waals surface area contributed by atoms with E-state index in [0.717, 1.165) is 5.56 Å². The maximum Gasteiger partial charge on any atom is 0.245 e. The van der Waals surface area contributed by atoms with Gasteiger partial charge >= 0.3 is 0 Å². The van der Waals surface area contributed by atoms with Gasteiger partial charge in [0.05, 0.1) is 33.9 Å². The van der Waals surface area contributed by atoms with Crippen LogP contribution in [0.5, 0.6) is 11.5 Å². The normalized spacial score (nSPS) is 18.1. The third-order valence-corrected chi connectivity index (χ3v) is 4.17. The van der Waals surface area contributed by atoms with E-state index in [4.69, 9.17) is 14.2 Å². The molecular formula is C17H24N2O5. The van der Waals surface area contributed by atoms with E-state index in [0.29, 0.717) is 31.2 Å². The van der Waals surface area contributed by atoms with Gasteiger partial charge < -0.3 is 24.0 Å². The third-order valence-electron chi connectivity index (χ3n) is 4.17. The van der Waals surface area contributed by atoms with Gasteiger partial charge in [-0.15, -0.1) is 0 Å². The fraction of sp³-hybridized carbons (Fsp3) is 0.529. The largest absolute Gasteiger partial charge is 0.493 e. The lowest BCUT2D eigenvalue weighted by Crippen LogP contribution is -2.58. The first kappa shape index (κ1) is 18.1. The molecule has 1 aliphatic rings. The quantitative estimate of drug-likeness (QED) is 0.740. The zero-order valence-electron chi connectivity index (χ0n) is 14.6. The number of hydrogen-bond acceptors (Lipinski definition) is 5. The molecule has 1 saturated heterocycles. The molecule has 24 heavy (non-hydrogen) atoms. The summed E-state index contributed by atoms with van der Waals surface area (Å²) < 4.78 is 15.7. The molecular weight excluding hydrogens is 312 g/mol. The van der Waals surface area contributed by atoms with Gasteiger partial charge in [-0.25, -0.2) is 0 Å². The van der Waals surface area contributed by atoms with Crippen molar-refractivity contribution in [3.63, 3.8) is 0 Å². The minimum atomic E-state index is -0.529. The average molecular weight is 336 g/mol. The Morgan fingerprint density at radius 3 is 2.54 bits per heavy atom. The van der Waals surface area contributed by atoms with Gasteiger partial charge in [-0.3, -0.25) is 9.59 Å². The predicted molar refractivity (Wildman–Crippen MR) is 88.0 cm³/mol. The van der Waals surface area contributed by atoms with Crippen molar-refractivity contribution in [2.75, 3.05) is 41.0 Å². The van der Waals surface area contributed by atoms with Crippen LogP contribution in [0.3, 0.4) is 0 Å². The number of hydrogen-bond donors (Lipinski definition) is 0. The SMILES string of the molecule is COCCN1CC(=O)N(Cc2cccc(OC)c2OC)[C@@H](C)C1=O. The second-order valence-electron chi connectivity index (χ2n) is 5.60. The molecule has 1 aromatic rings. The van der Waals surface area contributed by atoms with Crippen molar-refractivity contribution in [1.29, 1.82) is 0 Å². The smallest absolute Gasteiger partial charge is 0.245 e. The summed E-state index contributed by atoms with van der Waals surface area (Å²) >= 11 is 0. The predicted octanol–water partition coefficient (Wildman–Crippen LogP) is 0.909. The second-order valence-corrected chi connectivity index (χ2v) is 5.60. The van der Waals surface area contributed by atoms with E-state index in [-0.39, 0.29) is 18.4 Å². The molecule has 0 aromatic heterocycles. The fourth-order valence-corrected chi connectivity index (χ4v) is 2.82. The number of carbonyl (C=O) groups excluding carboxylic acids is 2. The maximum atomic E-state index is 12.5. The molecule has 1 aromatic carbocycles. The van der Waals surface area contributed by atoms with Crippen LogP contribution in [0.25, 0.3) is 0 Å². The van der Waals surface area contributed by atoms with Crippen molar-refractivity contribution in [3.8, 4) is 11.5 Å². The second kappa shape index (κ2) is 8.01. The van der Waals surface area contributed by atoms with E-state index >= 15 is 0 Å². The van der Waals surface area contributed by atoms with E-state index in [1.54, 1.807) is 39.2 Å². The highest BCUT2D eigenvalue weighted by Crippen LogP contribution is 2.32. The lowest BCUT2D eigenvalue weighted by Gasteiger charge is -2.38. The highest BCUT2D eigenvalue weighted by atomic mass is 16.5. The number of carbonyl (C=O) groups is 2. The van der Waals surface area contributed by atoms with Crippen molar-refractivity contribution in [1.82, 2.24) is 9.80 Å². The van der Waals surface area contributed by atoms with Crippen LogP contribution >= 0.6 is 0 Å². The van der Waals surface area contributed by atoms with Gasteiger partial charge in [-0.05, 0) is 13.0 Å². The average Bonchev–Trinajstić information content (AvgIpc) is 2.60. The van der Waals surface area contributed by atoms with Gasteiger partial charge in [-0.2, -0.15) is 0 Å². The molecule has 0 saturated carbocycles. The summed E-state index contributed by atoms with van der Waals surface area (Å²) in [5.41, 5.74) is 0.801. The summed E-state index contributed by atoms with van der Waals surface area (Å²) in [5.74, 6) is 1.01. The standard InChI is InChI=1S/C17H24N2O5/c1-12-17(21)18(8-9-22-2)11-15(20)19(12)10-13-6-5-7-14(23-3)16(13)24-4/h5-7,12H,8-11H2,1-4H3/t12-/m0/s1. The lowest BCUT2D eigenvalue weighted by molar-refractivity contribution is -0.156. The van der Waals surface area contributed by atoms with Gasteiger partial charge in [0.1, 0.15) is 6.04 Å². The fourth-order valence-electron chi connectivity index (χ4n) is 2.82. The molecule has 1 heterocycles. The van der Waals surface area contributed by atoms with Gasteiger partial charge in [-0.1, -0.05) is 12.1 Å². The van der Waals surface area contributed by atoms with E-state index in [1.807, 2.05) is 12.1 Å².